The average Bonchev–Trinajstić information content (AvgIpc) is 3.64. The summed E-state index contributed by atoms with van der Waals surface area (Å²) in [6.45, 7) is 5.14. The number of methoxy groups -OCH3 is 1. The van der Waals surface area contributed by atoms with E-state index < -0.39 is 5.60 Å². The van der Waals surface area contributed by atoms with Gasteiger partial charge in [-0.25, -0.2) is 0 Å². The predicted octanol–water partition coefficient (Wildman–Crippen LogP) is 3.40. The molecule has 3 heterocycles. The fraction of sp³-hybridized carbons (Fsp3) is 0.593. The Hall–Kier alpha value is -1.95. The van der Waals surface area contributed by atoms with Gasteiger partial charge in [0.25, 0.3) is 0 Å². The second-order valence-corrected chi connectivity index (χ2v) is 10.6. The molecule has 0 unspecified atom stereocenters. The average molecular weight is 434 g/mol. The molecule has 2 saturated heterocycles. The van der Waals surface area contributed by atoms with E-state index in [-0.39, 0.29) is 11.5 Å². The van der Waals surface area contributed by atoms with Crippen molar-refractivity contribution in [2.45, 2.75) is 62.1 Å². The number of benzene rings is 1. The fourth-order valence-corrected chi connectivity index (χ4v) is 6.93. The van der Waals surface area contributed by atoms with Crippen LogP contribution in [0.25, 0.3) is 0 Å². The Morgan fingerprint density at radius 1 is 1.06 bits per heavy atom. The summed E-state index contributed by atoms with van der Waals surface area (Å²) in [5.74, 6) is 1.76. The van der Waals surface area contributed by atoms with Gasteiger partial charge in [0.15, 0.2) is 0 Å². The van der Waals surface area contributed by atoms with E-state index in [1.54, 1.807) is 7.11 Å². The number of pyridine rings is 1. The minimum atomic E-state index is -0.688. The first-order chi connectivity index (χ1) is 15.6. The van der Waals surface area contributed by atoms with Gasteiger partial charge in [0, 0.05) is 43.5 Å². The van der Waals surface area contributed by atoms with Crippen molar-refractivity contribution in [2.75, 3.05) is 33.3 Å². The standard InChI is InChI=1S/C27H35N3O2/c1-32-23-5-4-22-16-25-27(31)10-14-29(18-21-6-11-28-12-7-21)13-8-26(27,24(22)17-23)9-15-30(25)19-20-2-3-20/h4-7,11-12,17,20,25,31H,2-3,8-10,13-16,18-19H2,1H3/t25-,26+,27-/m1/s1. The fourth-order valence-electron chi connectivity index (χ4n) is 6.93. The molecule has 3 fully saturated rings. The highest BCUT2D eigenvalue weighted by Gasteiger charge is 2.63. The molecule has 0 radical (unpaired) electrons. The van der Waals surface area contributed by atoms with Crippen molar-refractivity contribution >= 4 is 0 Å². The second kappa shape index (κ2) is 7.82. The highest BCUT2D eigenvalue weighted by Crippen LogP contribution is 2.56. The summed E-state index contributed by atoms with van der Waals surface area (Å²) in [5, 5.41) is 12.6. The van der Waals surface area contributed by atoms with Crippen LogP contribution in [0.15, 0.2) is 42.7 Å². The zero-order chi connectivity index (χ0) is 21.8. The van der Waals surface area contributed by atoms with Gasteiger partial charge in [-0.2, -0.15) is 0 Å². The Kier molecular flexibility index (Phi) is 5.05. The molecule has 170 valence electrons. The maximum Gasteiger partial charge on any atom is 0.119 e. The Balaban J connectivity index is 1.38. The minimum absolute atomic E-state index is 0.188. The molecule has 3 atom stereocenters. The van der Waals surface area contributed by atoms with Crippen LogP contribution in [0.5, 0.6) is 5.75 Å². The molecule has 2 bridgehead atoms. The molecule has 0 amide bonds. The molecule has 0 spiro atoms. The number of ether oxygens (including phenoxy) is 1. The lowest BCUT2D eigenvalue weighted by molar-refractivity contribution is -0.149. The molecule has 5 nitrogen and oxygen atoms in total. The highest BCUT2D eigenvalue weighted by molar-refractivity contribution is 5.48. The van der Waals surface area contributed by atoms with Crippen molar-refractivity contribution < 1.29 is 9.84 Å². The summed E-state index contributed by atoms with van der Waals surface area (Å²) in [7, 11) is 1.75. The largest absolute Gasteiger partial charge is 0.497 e. The lowest BCUT2D eigenvalue weighted by atomic mass is 9.52. The van der Waals surface area contributed by atoms with Gasteiger partial charge in [0.05, 0.1) is 12.7 Å². The van der Waals surface area contributed by atoms with E-state index in [1.165, 1.54) is 29.5 Å². The molecule has 32 heavy (non-hydrogen) atoms. The van der Waals surface area contributed by atoms with Crippen LogP contribution in [0.2, 0.25) is 0 Å². The monoisotopic (exact) mass is 433 g/mol. The number of aliphatic hydroxyl groups is 1. The summed E-state index contributed by atoms with van der Waals surface area (Å²) in [5.41, 5.74) is 3.20. The number of rotatable bonds is 5. The first-order valence-corrected chi connectivity index (χ1v) is 12.4. The van der Waals surface area contributed by atoms with Crippen LogP contribution in [0.1, 0.15) is 48.8 Å². The lowest BCUT2D eigenvalue weighted by Gasteiger charge is -2.61. The van der Waals surface area contributed by atoms with Crippen molar-refractivity contribution in [3.63, 3.8) is 0 Å². The van der Waals surface area contributed by atoms with Crippen molar-refractivity contribution in [1.82, 2.24) is 14.8 Å². The van der Waals surface area contributed by atoms with Crippen molar-refractivity contribution in [1.29, 1.82) is 0 Å². The first-order valence-electron chi connectivity index (χ1n) is 12.4. The zero-order valence-corrected chi connectivity index (χ0v) is 19.2. The summed E-state index contributed by atoms with van der Waals surface area (Å²) >= 11 is 0. The number of aromatic nitrogens is 1. The molecule has 1 aromatic carbocycles. The summed E-state index contributed by atoms with van der Waals surface area (Å²) in [6, 6.07) is 11.1. The molecule has 1 saturated carbocycles. The van der Waals surface area contributed by atoms with Gasteiger partial charge in [0.1, 0.15) is 5.75 Å². The van der Waals surface area contributed by atoms with Crippen LogP contribution in [-0.2, 0) is 18.4 Å². The molecule has 6 rings (SSSR count). The van der Waals surface area contributed by atoms with E-state index in [0.717, 1.165) is 70.1 Å². The minimum Gasteiger partial charge on any atom is -0.497 e. The van der Waals surface area contributed by atoms with E-state index in [4.69, 9.17) is 4.74 Å². The SMILES string of the molecule is COc1ccc2c(c1)[C@@]13CCN(Cc4ccncc4)CC[C@@]1(O)[C@@H](C2)N(CC1CC1)CC3. The molecular formula is C27H35N3O2. The molecular weight excluding hydrogens is 398 g/mol. The first kappa shape index (κ1) is 20.6. The Labute approximate surface area is 191 Å². The third-order valence-electron chi connectivity index (χ3n) is 8.90. The highest BCUT2D eigenvalue weighted by atomic mass is 16.5. The van der Waals surface area contributed by atoms with E-state index in [2.05, 4.69) is 45.1 Å². The number of likely N-dealkylation sites (tertiary alicyclic amines) is 2. The Bertz CT molecular complexity index is 978. The van der Waals surface area contributed by atoms with Gasteiger partial charge in [-0.3, -0.25) is 14.8 Å². The molecule has 2 aromatic rings. The maximum atomic E-state index is 12.6. The molecule has 5 heteroatoms. The number of fused-ring (bicyclic) bond motifs is 1. The van der Waals surface area contributed by atoms with Crippen LogP contribution in [0, 0.1) is 5.92 Å². The third-order valence-corrected chi connectivity index (χ3v) is 8.90. The Morgan fingerprint density at radius 3 is 2.62 bits per heavy atom. The quantitative estimate of drug-likeness (QED) is 0.783. The normalized spacial score (nSPS) is 32.6. The third kappa shape index (κ3) is 3.28. The van der Waals surface area contributed by atoms with Crippen molar-refractivity contribution in [2.24, 2.45) is 5.92 Å². The van der Waals surface area contributed by atoms with E-state index >= 15 is 0 Å². The number of hydrogen-bond donors (Lipinski definition) is 1. The predicted molar refractivity (Wildman–Crippen MR) is 125 cm³/mol. The van der Waals surface area contributed by atoms with Crippen LogP contribution in [-0.4, -0.2) is 64.8 Å². The van der Waals surface area contributed by atoms with Crippen LogP contribution < -0.4 is 4.74 Å². The second-order valence-electron chi connectivity index (χ2n) is 10.6. The lowest BCUT2D eigenvalue weighted by Crippen LogP contribution is -2.71. The van der Waals surface area contributed by atoms with Crippen LogP contribution in [0.3, 0.4) is 0 Å². The zero-order valence-electron chi connectivity index (χ0n) is 19.2. The molecule has 2 aliphatic carbocycles. The van der Waals surface area contributed by atoms with E-state index in [0.29, 0.717) is 0 Å². The van der Waals surface area contributed by atoms with E-state index in [1.807, 2.05) is 12.4 Å². The molecule has 1 N–H and O–H groups in total. The van der Waals surface area contributed by atoms with Crippen molar-refractivity contribution in [3.05, 3.63) is 59.4 Å². The van der Waals surface area contributed by atoms with Gasteiger partial charge in [-0.15, -0.1) is 0 Å². The van der Waals surface area contributed by atoms with Gasteiger partial charge < -0.3 is 9.84 Å². The van der Waals surface area contributed by atoms with Gasteiger partial charge >= 0.3 is 0 Å². The summed E-state index contributed by atoms with van der Waals surface area (Å²) < 4.78 is 5.63. The molecule has 2 aliphatic heterocycles. The number of hydrogen-bond acceptors (Lipinski definition) is 5. The maximum absolute atomic E-state index is 12.6. The van der Waals surface area contributed by atoms with Gasteiger partial charge in [0.2, 0.25) is 0 Å². The van der Waals surface area contributed by atoms with Crippen molar-refractivity contribution in [3.8, 4) is 5.75 Å². The summed E-state index contributed by atoms with van der Waals surface area (Å²) in [4.78, 5) is 9.37. The smallest absolute Gasteiger partial charge is 0.119 e. The Morgan fingerprint density at radius 2 is 1.84 bits per heavy atom. The van der Waals surface area contributed by atoms with Crippen LogP contribution in [0.4, 0.5) is 0 Å². The summed E-state index contributed by atoms with van der Waals surface area (Å²) in [6.07, 6.45) is 10.3. The topological polar surface area (TPSA) is 48.8 Å². The number of piperidine rings is 1. The van der Waals surface area contributed by atoms with E-state index in [9.17, 15) is 5.11 Å². The van der Waals surface area contributed by atoms with Gasteiger partial charge in [-0.05, 0) is 98.5 Å². The molecule has 4 aliphatic rings. The molecule has 1 aromatic heterocycles. The van der Waals surface area contributed by atoms with Gasteiger partial charge in [-0.1, -0.05) is 6.07 Å². The van der Waals surface area contributed by atoms with Crippen LogP contribution >= 0.6 is 0 Å². The number of nitrogens with zero attached hydrogens (tertiary/aromatic N) is 3.